The SMILES string of the molecule is C=C1/C=C(C)\C(OC)=C/CCC/C=C\1CN. The maximum Gasteiger partial charge on any atom is 0.117 e. The molecule has 2 heteroatoms. The summed E-state index contributed by atoms with van der Waals surface area (Å²) in [5.41, 5.74) is 8.94. The second-order valence-electron chi connectivity index (χ2n) is 3.99. The normalized spacial score (nSPS) is 28.2. The number of hydrogen-bond donors (Lipinski definition) is 1. The molecule has 2 N–H and O–H groups in total. The molecule has 0 heterocycles. The van der Waals surface area contributed by atoms with Crippen molar-refractivity contribution in [1.82, 2.24) is 0 Å². The molecule has 0 bridgehead atoms. The summed E-state index contributed by atoms with van der Waals surface area (Å²) in [6, 6.07) is 0. The molecular weight excluding hydrogens is 198 g/mol. The first-order chi connectivity index (χ1) is 7.69. The number of methoxy groups -OCH3 is 1. The first kappa shape index (κ1) is 12.8. The number of nitrogens with two attached hydrogens (primary N) is 1. The van der Waals surface area contributed by atoms with Crippen LogP contribution in [0.15, 0.2) is 47.3 Å². The average Bonchev–Trinajstić information content (AvgIpc) is 2.27. The van der Waals surface area contributed by atoms with E-state index < -0.39 is 0 Å². The summed E-state index contributed by atoms with van der Waals surface area (Å²) in [5, 5.41) is 0. The highest BCUT2D eigenvalue weighted by Crippen LogP contribution is 2.20. The van der Waals surface area contributed by atoms with E-state index in [9.17, 15) is 0 Å². The van der Waals surface area contributed by atoms with Gasteiger partial charge in [0.25, 0.3) is 0 Å². The van der Waals surface area contributed by atoms with Crippen molar-refractivity contribution in [2.75, 3.05) is 13.7 Å². The Kier molecular flexibility index (Phi) is 5.06. The molecule has 0 spiro atoms. The minimum atomic E-state index is 0.550. The van der Waals surface area contributed by atoms with Crippen molar-refractivity contribution < 1.29 is 4.74 Å². The van der Waals surface area contributed by atoms with Crippen LogP contribution in [-0.2, 0) is 4.74 Å². The molecule has 88 valence electrons. The van der Waals surface area contributed by atoms with Crippen molar-refractivity contribution >= 4 is 0 Å². The molecule has 2 nitrogen and oxygen atoms in total. The summed E-state index contributed by atoms with van der Waals surface area (Å²) in [6.07, 6.45) is 9.58. The number of rotatable bonds is 2. The quantitative estimate of drug-likeness (QED) is 0.774. The summed E-state index contributed by atoms with van der Waals surface area (Å²) in [7, 11) is 1.71. The van der Waals surface area contributed by atoms with Crippen molar-refractivity contribution in [2.24, 2.45) is 5.73 Å². The highest BCUT2D eigenvalue weighted by molar-refractivity contribution is 5.43. The molecule has 0 unspecified atom stereocenters. The summed E-state index contributed by atoms with van der Waals surface area (Å²) in [4.78, 5) is 0. The number of ether oxygens (including phenoxy) is 1. The molecule has 0 aromatic carbocycles. The van der Waals surface area contributed by atoms with E-state index in [1.54, 1.807) is 7.11 Å². The lowest BCUT2D eigenvalue weighted by molar-refractivity contribution is 0.299. The van der Waals surface area contributed by atoms with E-state index in [1.807, 2.05) is 13.0 Å². The Morgan fingerprint density at radius 1 is 1.38 bits per heavy atom. The highest BCUT2D eigenvalue weighted by Gasteiger charge is 2.04. The molecule has 1 aliphatic carbocycles. The summed E-state index contributed by atoms with van der Waals surface area (Å²) in [5.74, 6) is 0.944. The van der Waals surface area contributed by atoms with Gasteiger partial charge in [-0.25, -0.2) is 0 Å². The van der Waals surface area contributed by atoms with Crippen LogP contribution in [-0.4, -0.2) is 13.7 Å². The molecule has 0 aromatic heterocycles. The van der Waals surface area contributed by atoms with Crippen LogP contribution < -0.4 is 5.73 Å². The molecule has 0 fully saturated rings. The van der Waals surface area contributed by atoms with Gasteiger partial charge in [0, 0.05) is 6.54 Å². The van der Waals surface area contributed by atoms with Gasteiger partial charge in [-0.2, -0.15) is 0 Å². The molecule has 1 aliphatic rings. The fourth-order valence-electron chi connectivity index (χ4n) is 1.80. The lowest BCUT2D eigenvalue weighted by Crippen LogP contribution is -2.05. The van der Waals surface area contributed by atoms with Gasteiger partial charge >= 0.3 is 0 Å². The van der Waals surface area contributed by atoms with E-state index >= 15 is 0 Å². The van der Waals surface area contributed by atoms with Gasteiger partial charge in [0.2, 0.25) is 0 Å². The lowest BCUT2D eigenvalue weighted by Gasteiger charge is -2.11. The van der Waals surface area contributed by atoms with Crippen LogP contribution in [0.3, 0.4) is 0 Å². The topological polar surface area (TPSA) is 35.2 Å². The van der Waals surface area contributed by atoms with Gasteiger partial charge in [-0.05, 0) is 55.1 Å². The van der Waals surface area contributed by atoms with Gasteiger partial charge in [-0.15, -0.1) is 0 Å². The van der Waals surface area contributed by atoms with Crippen LogP contribution >= 0.6 is 0 Å². The molecule has 0 saturated carbocycles. The summed E-state index contributed by atoms with van der Waals surface area (Å²) >= 11 is 0. The average molecular weight is 219 g/mol. The Morgan fingerprint density at radius 2 is 2.06 bits per heavy atom. The molecule has 0 aliphatic heterocycles. The van der Waals surface area contributed by atoms with Gasteiger partial charge in [0.1, 0.15) is 5.76 Å². The van der Waals surface area contributed by atoms with Gasteiger partial charge in [0.15, 0.2) is 0 Å². The molecule has 0 radical (unpaired) electrons. The standard InChI is InChI=1S/C14H21NO/c1-11-9-12(2)14(16-3)8-6-4-5-7-13(11)10-15/h7-9H,1,4-6,10,15H2,2-3H3/b12-9-,13-7-,14-8+. The Labute approximate surface area is 98.2 Å². The third kappa shape index (κ3) is 3.38. The largest absolute Gasteiger partial charge is 0.497 e. The minimum Gasteiger partial charge on any atom is -0.497 e. The van der Waals surface area contributed by atoms with Crippen LogP contribution in [0.25, 0.3) is 0 Å². The third-order valence-electron chi connectivity index (χ3n) is 2.76. The van der Waals surface area contributed by atoms with E-state index in [0.717, 1.165) is 41.7 Å². The van der Waals surface area contributed by atoms with Gasteiger partial charge in [-0.1, -0.05) is 12.7 Å². The fourth-order valence-corrected chi connectivity index (χ4v) is 1.80. The predicted molar refractivity (Wildman–Crippen MR) is 69.0 cm³/mol. The molecule has 0 amide bonds. The van der Waals surface area contributed by atoms with Crippen molar-refractivity contribution in [3.05, 3.63) is 47.3 Å². The molecule has 0 saturated heterocycles. The first-order valence-corrected chi connectivity index (χ1v) is 5.70. The minimum absolute atomic E-state index is 0.550. The van der Waals surface area contributed by atoms with Crippen molar-refractivity contribution in [1.29, 1.82) is 0 Å². The maximum atomic E-state index is 5.71. The van der Waals surface area contributed by atoms with E-state index in [0.29, 0.717) is 6.54 Å². The predicted octanol–water partition coefficient (Wildman–Crippen LogP) is 3.09. The van der Waals surface area contributed by atoms with Crippen LogP contribution in [0.2, 0.25) is 0 Å². The Morgan fingerprint density at radius 3 is 2.69 bits per heavy atom. The second kappa shape index (κ2) is 6.33. The number of allylic oxidation sites excluding steroid dienone is 4. The zero-order chi connectivity index (χ0) is 12.0. The maximum absolute atomic E-state index is 5.71. The van der Waals surface area contributed by atoms with Crippen molar-refractivity contribution in [2.45, 2.75) is 26.2 Å². The van der Waals surface area contributed by atoms with Gasteiger partial charge < -0.3 is 10.5 Å². The van der Waals surface area contributed by atoms with Crippen LogP contribution in [0.1, 0.15) is 26.2 Å². The summed E-state index contributed by atoms with van der Waals surface area (Å²) < 4.78 is 5.35. The van der Waals surface area contributed by atoms with Gasteiger partial charge in [-0.3, -0.25) is 0 Å². The smallest absolute Gasteiger partial charge is 0.117 e. The zero-order valence-corrected chi connectivity index (χ0v) is 10.3. The molecule has 1 rings (SSSR count). The first-order valence-electron chi connectivity index (χ1n) is 5.70. The van der Waals surface area contributed by atoms with Crippen molar-refractivity contribution in [3.63, 3.8) is 0 Å². The molecule has 0 atom stereocenters. The van der Waals surface area contributed by atoms with E-state index in [4.69, 9.17) is 10.5 Å². The summed E-state index contributed by atoms with van der Waals surface area (Å²) in [6.45, 7) is 6.64. The van der Waals surface area contributed by atoms with E-state index in [-0.39, 0.29) is 0 Å². The fraction of sp³-hybridized carbons (Fsp3) is 0.429. The third-order valence-corrected chi connectivity index (χ3v) is 2.76. The monoisotopic (exact) mass is 219 g/mol. The van der Waals surface area contributed by atoms with Crippen LogP contribution in [0.4, 0.5) is 0 Å². The van der Waals surface area contributed by atoms with Crippen LogP contribution in [0.5, 0.6) is 0 Å². The van der Waals surface area contributed by atoms with Gasteiger partial charge in [0.05, 0.1) is 7.11 Å². The van der Waals surface area contributed by atoms with Crippen molar-refractivity contribution in [3.8, 4) is 0 Å². The Hall–Kier alpha value is -1.28. The van der Waals surface area contributed by atoms with E-state index in [2.05, 4.69) is 18.7 Å². The van der Waals surface area contributed by atoms with Crippen LogP contribution in [0, 0.1) is 0 Å². The Balaban J connectivity index is 3.01. The molecule has 0 aromatic rings. The number of hydrogen-bond acceptors (Lipinski definition) is 2. The van der Waals surface area contributed by atoms with E-state index in [1.165, 1.54) is 0 Å². The molecule has 16 heavy (non-hydrogen) atoms. The zero-order valence-electron chi connectivity index (χ0n) is 10.3. The highest BCUT2D eigenvalue weighted by atomic mass is 16.5. The molecular formula is C14H21NO. The lowest BCUT2D eigenvalue weighted by atomic mass is 10.0. The Bertz CT molecular complexity index is 348. The second-order valence-corrected chi connectivity index (χ2v) is 3.99.